The SMILES string of the molecule is C[C@]1(O)[C@@H](O)[C@@H](COP2(=O)NCc3ncccc3CO2)O[C@H]1n1cnc2c(N)nc(N)nc21. The van der Waals surface area contributed by atoms with Crippen molar-refractivity contribution in [1.82, 2.24) is 29.6 Å². The lowest BCUT2D eigenvalue weighted by Gasteiger charge is -2.27. The Morgan fingerprint density at radius 2 is 2.21 bits per heavy atom. The molecule has 5 heterocycles. The number of imidazole rings is 1. The van der Waals surface area contributed by atoms with Gasteiger partial charge in [0.25, 0.3) is 0 Å². The maximum absolute atomic E-state index is 13.1. The molecular formula is C18H23N8O6P. The fourth-order valence-electron chi connectivity index (χ4n) is 3.89. The summed E-state index contributed by atoms with van der Waals surface area (Å²) >= 11 is 0. The van der Waals surface area contributed by atoms with Crippen LogP contribution in [0.15, 0.2) is 24.7 Å². The van der Waals surface area contributed by atoms with Crippen LogP contribution in [0.4, 0.5) is 11.8 Å². The van der Waals surface area contributed by atoms with Gasteiger partial charge >= 0.3 is 7.75 Å². The van der Waals surface area contributed by atoms with Crippen LogP contribution in [0.5, 0.6) is 0 Å². The van der Waals surface area contributed by atoms with Gasteiger partial charge in [0.05, 0.1) is 25.2 Å². The molecule has 176 valence electrons. The Morgan fingerprint density at radius 1 is 1.39 bits per heavy atom. The fraction of sp³-hybridized carbons (Fsp3) is 0.444. The van der Waals surface area contributed by atoms with Gasteiger partial charge in [-0.05, 0) is 13.0 Å². The van der Waals surface area contributed by atoms with E-state index in [1.807, 2.05) is 6.07 Å². The molecule has 0 saturated carbocycles. The molecule has 15 heteroatoms. The molecule has 33 heavy (non-hydrogen) atoms. The van der Waals surface area contributed by atoms with Gasteiger partial charge in [0, 0.05) is 18.3 Å². The van der Waals surface area contributed by atoms with Crippen LogP contribution in [-0.4, -0.2) is 59.1 Å². The van der Waals surface area contributed by atoms with Gasteiger partial charge in [0.1, 0.15) is 23.3 Å². The zero-order valence-corrected chi connectivity index (χ0v) is 18.4. The minimum atomic E-state index is -3.73. The first kappa shape index (κ1) is 22.1. The summed E-state index contributed by atoms with van der Waals surface area (Å²) in [6, 6.07) is 3.58. The van der Waals surface area contributed by atoms with Crippen molar-refractivity contribution in [3.05, 3.63) is 35.9 Å². The normalized spacial score (nSPS) is 32.0. The lowest BCUT2D eigenvalue weighted by atomic mass is 9.96. The summed E-state index contributed by atoms with van der Waals surface area (Å²) in [5.41, 5.74) is 11.7. The van der Waals surface area contributed by atoms with E-state index < -0.39 is 31.8 Å². The summed E-state index contributed by atoms with van der Waals surface area (Å²) in [6.45, 7) is 1.30. The number of nitrogens with two attached hydrogens (primary N) is 2. The van der Waals surface area contributed by atoms with Crippen molar-refractivity contribution in [2.24, 2.45) is 0 Å². The first-order valence-corrected chi connectivity index (χ1v) is 11.6. The van der Waals surface area contributed by atoms with Crippen molar-refractivity contribution in [3.63, 3.8) is 0 Å². The van der Waals surface area contributed by atoms with Gasteiger partial charge < -0.3 is 26.4 Å². The van der Waals surface area contributed by atoms with E-state index in [9.17, 15) is 14.8 Å². The molecule has 0 bridgehead atoms. The van der Waals surface area contributed by atoms with E-state index in [1.54, 1.807) is 12.3 Å². The smallest absolute Gasteiger partial charge is 0.387 e. The number of rotatable bonds is 4. The number of nitrogens with zero attached hydrogens (tertiary/aromatic N) is 5. The van der Waals surface area contributed by atoms with Gasteiger partial charge in [-0.25, -0.2) is 14.6 Å². The Hall–Kier alpha value is -2.71. The molecule has 2 aliphatic heterocycles. The molecular weight excluding hydrogens is 455 g/mol. The van der Waals surface area contributed by atoms with E-state index >= 15 is 0 Å². The van der Waals surface area contributed by atoms with Gasteiger partial charge in [-0.3, -0.25) is 18.6 Å². The van der Waals surface area contributed by atoms with Crippen LogP contribution in [0.3, 0.4) is 0 Å². The van der Waals surface area contributed by atoms with Crippen molar-refractivity contribution >= 4 is 30.7 Å². The highest BCUT2D eigenvalue weighted by molar-refractivity contribution is 7.51. The van der Waals surface area contributed by atoms with Crippen molar-refractivity contribution in [3.8, 4) is 0 Å². The number of hydrogen-bond donors (Lipinski definition) is 5. The molecule has 1 saturated heterocycles. The number of aliphatic hydroxyl groups excluding tert-OH is 1. The summed E-state index contributed by atoms with van der Waals surface area (Å²) in [4.78, 5) is 16.4. The number of fused-ring (bicyclic) bond motifs is 2. The largest absolute Gasteiger partial charge is 0.406 e. The molecule has 7 N–H and O–H groups in total. The molecule has 0 spiro atoms. The number of pyridine rings is 1. The molecule has 14 nitrogen and oxygen atoms in total. The third-order valence-corrected chi connectivity index (χ3v) is 7.20. The molecule has 2 aliphatic rings. The molecule has 0 aliphatic carbocycles. The number of nitrogens with one attached hydrogen (secondary N) is 1. The van der Waals surface area contributed by atoms with E-state index in [1.165, 1.54) is 17.8 Å². The monoisotopic (exact) mass is 478 g/mol. The second kappa shape index (κ2) is 7.95. The zero-order chi connectivity index (χ0) is 23.4. The molecule has 5 atom stereocenters. The predicted molar refractivity (Wildman–Crippen MR) is 114 cm³/mol. The first-order valence-electron chi connectivity index (χ1n) is 10.1. The standard InChI is InChI=1S/C18H23N8O6P/c1-18(28)13(27)11(7-31-33(29)23-5-10-9(6-30-33)3-2-4-21-10)32-16(18)26-8-22-12-14(19)24-17(20)25-15(12)26/h2-4,8,11,13,16,27-28H,5-7H2,1H3,(H,23,29)(H4,19,20,24,25)/t11-,13+,16-,18+,33?/m1/s1. The molecule has 1 unspecified atom stereocenters. The summed E-state index contributed by atoms with van der Waals surface area (Å²) in [5.74, 6) is -0.00974. The highest BCUT2D eigenvalue weighted by Crippen LogP contribution is 2.48. The Labute approximate surface area is 187 Å². The minimum Gasteiger partial charge on any atom is -0.387 e. The van der Waals surface area contributed by atoms with Crippen molar-refractivity contribution in [2.75, 3.05) is 18.1 Å². The van der Waals surface area contributed by atoms with Crippen LogP contribution >= 0.6 is 7.75 Å². The molecule has 1 fully saturated rings. The quantitative estimate of drug-likeness (QED) is 0.309. The third kappa shape index (κ3) is 3.85. The summed E-state index contributed by atoms with van der Waals surface area (Å²) in [5, 5.41) is 24.5. The lowest BCUT2D eigenvalue weighted by molar-refractivity contribution is -0.0948. The van der Waals surface area contributed by atoms with Gasteiger partial charge in [0.2, 0.25) is 5.95 Å². The van der Waals surface area contributed by atoms with Gasteiger partial charge in [-0.15, -0.1) is 0 Å². The fourth-order valence-corrected chi connectivity index (χ4v) is 5.15. The minimum absolute atomic E-state index is 0.0471. The van der Waals surface area contributed by atoms with Crippen LogP contribution in [-0.2, 0) is 31.5 Å². The highest BCUT2D eigenvalue weighted by Gasteiger charge is 2.54. The van der Waals surface area contributed by atoms with Crippen molar-refractivity contribution in [2.45, 2.75) is 44.1 Å². The van der Waals surface area contributed by atoms with Gasteiger partial charge in [0.15, 0.2) is 17.7 Å². The molecule has 3 aromatic heterocycles. The maximum atomic E-state index is 13.1. The Bertz CT molecular complexity index is 1220. The number of ether oxygens (including phenoxy) is 1. The summed E-state index contributed by atoms with van der Waals surface area (Å²) < 4.78 is 31.4. The van der Waals surface area contributed by atoms with Crippen LogP contribution in [0, 0.1) is 0 Å². The van der Waals surface area contributed by atoms with Gasteiger partial charge in [-0.1, -0.05) is 6.07 Å². The average Bonchev–Trinajstić information content (AvgIpc) is 3.22. The van der Waals surface area contributed by atoms with E-state index in [-0.39, 0.29) is 42.7 Å². The average molecular weight is 478 g/mol. The second-order valence-corrected chi connectivity index (χ2v) is 9.83. The molecule has 0 aromatic carbocycles. The molecule has 0 amide bonds. The number of anilines is 2. The summed E-state index contributed by atoms with van der Waals surface area (Å²) in [6.07, 6.45) is -0.564. The Morgan fingerprint density at radius 3 is 3.03 bits per heavy atom. The van der Waals surface area contributed by atoms with Crippen LogP contribution < -0.4 is 16.6 Å². The number of nitrogen functional groups attached to an aromatic ring is 2. The highest BCUT2D eigenvalue weighted by atomic mass is 31.2. The van der Waals surface area contributed by atoms with E-state index in [2.05, 4.69) is 25.0 Å². The van der Waals surface area contributed by atoms with Crippen molar-refractivity contribution < 1.29 is 28.6 Å². The van der Waals surface area contributed by atoms with E-state index in [0.29, 0.717) is 5.69 Å². The number of hydrogen-bond acceptors (Lipinski definition) is 12. The Balaban J connectivity index is 1.34. The topological polar surface area (TPSA) is 206 Å². The second-order valence-electron chi connectivity index (χ2n) is 8.00. The Kier molecular flexibility index (Phi) is 5.33. The summed E-state index contributed by atoms with van der Waals surface area (Å²) in [7, 11) is -3.73. The van der Waals surface area contributed by atoms with E-state index in [4.69, 9.17) is 25.3 Å². The first-order chi connectivity index (χ1) is 15.7. The van der Waals surface area contributed by atoms with E-state index in [0.717, 1.165) is 5.56 Å². The predicted octanol–water partition coefficient (Wildman–Crippen LogP) is -0.160. The third-order valence-electron chi connectivity index (χ3n) is 5.70. The van der Waals surface area contributed by atoms with Crippen LogP contribution in [0.2, 0.25) is 0 Å². The van der Waals surface area contributed by atoms with Crippen LogP contribution in [0.1, 0.15) is 24.4 Å². The van der Waals surface area contributed by atoms with Crippen molar-refractivity contribution in [1.29, 1.82) is 0 Å². The lowest BCUT2D eigenvalue weighted by Crippen LogP contribution is -2.44. The van der Waals surface area contributed by atoms with Crippen LogP contribution in [0.25, 0.3) is 11.2 Å². The molecule has 3 aromatic rings. The number of aromatic nitrogens is 5. The molecule has 0 radical (unpaired) electrons. The zero-order valence-electron chi connectivity index (χ0n) is 17.5. The maximum Gasteiger partial charge on any atom is 0.406 e. The molecule has 5 rings (SSSR count). The number of aliphatic hydroxyl groups is 2. The van der Waals surface area contributed by atoms with Gasteiger partial charge in [-0.2, -0.15) is 9.97 Å².